The minimum atomic E-state index is -0.937. The molecule has 3 rings (SSSR count). The summed E-state index contributed by atoms with van der Waals surface area (Å²) in [5.41, 5.74) is -0.103. The van der Waals surface area contributed by atoms with E-state index in [2.05, 4.69) is 5.32 Å². The Hall–Kier alpha value is -1.85. The van der Waals surface area contributed by atoms with Gasteiger partial charge in [0.2, 0.25) is 5.91 Å². The van der Waals surface area contributed by atoms with Gasteiger partial charge in [-0.1, -0.05) is 6.07 Å². The van der Waals surface area contributed by atoms with Gasteiger partial charge >= 0.3 is 0 Å². The van der Waals surface area contributed by atoms with Crippen molar-refractivity contribution in [3.05, 3.63) is 52.6 Å². The van der Waals surface area contributed by atoms with Crippen LogP contribution in [0.3, 0.4) is 0 Å². The first kappa shape index (κ1) is 14.1. The number of aliphatic hydroxyl groups is 1. The second-order valence-electron chi connectivity index (χ2n) is 5.28. The summed E-state index contributed by atoms with van der Waals surface area (Å²) in [6.45, 7) is 0.243. The molecule has 1 aliphatic rings. The third kappa shape index (κ3) is 3.25. The van der Waals surface area contributed by atoms with Gasteiger partial charge in [0.15, 0.2) is 0 Å². The molecule has 110 valence electrons. The monoisotopic (exact) mass is 303 g/mol. The fraction of sp³-hybridized carbons (Fsp3) is 0.312. The summed E-state index contributed by atoms with van der Waals surface area (Å²) >= 11 is 1.53. The molecular formula is C16H17NO3S. The second kappa shape index (κ2) is 5.87. The Bertz CT molecular complexity index is 614. The lowest BCUT2D eigenvalue weighted by Gasteiger charge is -2.27. The molecule has 1 amide bonds. The topological polar surface area (TPSA) is 62.5 Å². The number of furan rings is 1. The van der Waals surface area contributed by atoms with Crippen molar-refractivity contribution in [2.45, 2.75) is 18.4 Å². The van der Waals surface area contributed by atoms with Gasteiger partial charge in [0.1, 0.15) is 5.60 Å². The molecule has 0 radical (unpaired) electrons. The summed E-state index contributed by atoms with van der Waals surface area (Å²) in [5, 5.41) is 15.6. The van der Waals surface area contributed by atoms with E-state index in [4.69, 9.17) is 4.42 Å². The van der Waals surface area contributed by atoms with Crippen molar-refractivity contribution in [2.24, 2.45) is 5.92 Å². The Morgan fingerprint density at radius 3 is 3.00 bits per heavy atom. The second-order valence-corrected chi connectivity index (χ2v) is 6.23. The van der Waals surface area contributed by atoms with Gasteiger partial charge in [-0.15, -0.1) is 11.3 Å². The molecule has 1 saturated carbocycles. The Labute approximate surface area is 127 Å². The van der Waals surface area contributed by atoms with Crippen molar-refractivity contribution in [1.29, 1.82) is 0 Å². The first-order chi connectivity index (χ1) is 10.2. The fourth-order valence-electron chi connectivity index (χ4n) is 2.34. The predicted molar refractivity (Wildman–Crippen MR) is 81.7 cm³/mol. The molecule has 5 heteroatoms. The Balaban J connectivity index is 1.61. The number of amides is 1. The molecule has 2 aromatic rings. The minimum Gasteiger partial charge on any atom is -0.472 e. The zero-order chi connectivity index (χ0) is 14.7. The van der Waals surface area contributed by atoms with Gasteiger partial charge in [-0.2, -0.15) is 0 Å². The standard InChI is InChI=1S/C16H17NO3S/c18-15(6-3-12-7-8-20-10-12)17-11-16(19,13-4-5-13)14-2-1-9-21-14/h1-3,6-10,13,19H,4-5,11H2,(H,17,18)/b6-3+/t16-/m1/s1. The van der Waals surface area contributed by atoms with Crippen LogP contribution in [0.25, 0.3) is 6.08 Å². The van der Waals surface area contributed by atoms with E-state index in [1.165, 1.54) is 17.4 Å². The van der Waals surface area contributed by atoms with Crippen molar-refractivity contribution in [1.82, 2.24) is 5.32 Å². The van der Waals surface area contributed by atoms with Crippen LogP contribution in [-0.2, 0) is 10.4 Å². The van der Waals surface area contributed by atoms with Crippen LogP contribution in [0.5, 0.6) is 0 Å². The van der Waals surface area contributed by atoms with Crippen molar-refractivity contribution in [3.63, 3.8) is 0 Å². The summed E-state index contributed by atoms with van der Waals surface area (Å²) < 4.78 is 4.93. The van der Waals surface area contributed by atoms with Gasteiger partial charge in [-0.3, -0.25) is 4.79 Å². The lowest BCUT2D eigenvalue weighted by molar-refractivity contribution is -0.118. The van der Waals surface area contributed by atoms with E-state index >= 15 is 0 Å². The fourth-order valence-corrected chi connectivity index (χ4v) is 3.24. The van der Waals surface area contributed by atoms with Crippen molar-refractivity contribution in [2.75, 3.05) is 6.54 Å². The third-order valence-corrected chi connectivity index (χ3v) is 4.74. The summed E-state index contributed by atoms with van der Waals surface area (Å²) in [6.07, 6.45) is 8.27. The largest absolute Gasteiger partial charge is 0.472 e. The first-order valence-corrected chi connectivity index (χ1v) is 7.81. The number of hydrogen-bond acceptors (Lipinski definition) is 4. The average Bonchev–Trinajstić information content (AvgIpc) is 3.00. The number of rotatable bonds is 6. The number of hydrogen-bond donors (Lipinski definition) is 2. The average molecular weight is 303 g/mol. The SMILES string of the molecule is O=C(/C=C/c1ccoc1)NC[C@](O)(c1cccs1)C1CC1. The Kier molecular flexibility index (Phi) is 3.94. The van der Waals surface area contributed by atoms with Crippen LogP contribution in [0, 0.1) is 5.92 Å². The maximum absolute atomic E-state index is 11.9. The smallest absolute Gasteiger partial charge is 0.244 e. The molecule has 2 N–H and O–H groups in total. The number of nitrogens with one attached hydrogen (secondary N) is 1. The molecule has 0 saturated heterocycles. The van der Waals surface area contributed by atoms with E-state index in [-0.39, 0.29) is 18.4 Å². The van der Waals surface area contributed by atoms with E-state index in [0.717, 1.165) is 23.3 Å². The molecule has 2 aromatic heterocycles. The van der Waals surface area contributed by atoms with Crippen LogP contribution in [0.2, 0.25) is 0 Å². The van der Waals surface area contributed by atoms with E-state index in [0.29, 0.717) is 0 Å². The zero-order valence-electron chi connectivity index (χ0n) is 11.5. The summed E-state index contributed by atoms with van der Waals surface area (Å²) in [6, 6.07) is 5.63. The number of carbonyl (C=O) groups is 1. The molecule has 2 heterocycles. The Morgan fingerprint density at radius 2 is 2.38 bits per heavy atom. The molecule has 0 aliphatic heterocycles. The van der Waals surface area contributed by atoms with Gasteiger partial charge in [0.05, 0.1) is 19.1 Å². The molecule has 0 aromatic carbocycles. The molecule has 1 aliphatic carbocycles. The van der Waals surface area contributed by atoms with Gasteiger partial charge in [-0.25, -0.2) is 0 Å². The van der Waals surface area contributed by atoms with Gasteiger partial charge in [0, 0.05) is 16.5 Å². The highest BCUT2D eigenvalue weighted by molar-refractivity contribution is 7.10. The quantitative estimate of drug-likeness (QED) is 0.807. The van der Waals surface area contributed by atoms with E-state index in [9.17, 15) is 9.90 Å². The van der Waals surface area contributed by atoms with Gasteiger partial charge < -0.3 is 14.8 Å². The molecule has 21 heavy (non-hydrogen) atoms. The highest BCUT2D eigenvalue weighted by Gasteiger charge is 2.45. The lowest BCUT2D eigenvalue weighted by atomic mass is 9.95. The molecule has 0 spiro atoms. The molecule has 1 fully saturated rings. The lowest BCUT2D eigenvalue weighted by Crippen LogP contribution is -2.41. The van der Waals surface area contributed by atoms with Crippen LogP contribution < -0.4 is 5.32 Å². The summed E-state index contributed by atoms with van der Waals surface area (Å²) in [7, 11) is 0. The third-order valence-electron chi connectivity index (χ3n) is 3.70. The maximum Gasteiger partial charge on any atom is 0.244 e. The highest BCUT2D eigenvalue weighted by Crippen LogP contribution is 2.46. The van der Waals surface area contributed by atoms with E-state index in [1.807, 2.05) is 17.5 Å². The predicted octanol–water partition coefficient (Wildman–Crippen LogP) is 2.77. The van der Waals surface area contributed by atoms with Gasteiger partial charge in [-0.05, 0) is 42.3 Å². The van der Waals surface area contributed by atoms with E-state index in [1.54, 1.807) is 24.7 Å². The van der Waals surface area contributed by atoms with Crippen LogP contribution in [0.15, 0.2) is 46.6 Å². The normalized spacial score (nSPS) is 17.8. The molecule has 0 unspecified atom stereocenters. The zero-order valence-corrected chi connectivity index (χ0v) is 12.3. The van der Waals surface area contributed by atoms with Crippen LogP contribution in [-0.4, -0.2) is 17.6 Å². The van der Waals surface area contributed by atoms with Crippen molar-refractivity contribution < 1.29 is 14.3 Å². The van der Waals surface area contributed by atoms with Crippen molar-refractivity contribution in [3.8, 4) is 0 Å². The highest BCUT2D eigenvalue weighted by atomic mass is 32.1. The summed E-state index contributed by atoms with van der Waals surface area (Å²) in [4.78, 5) is 12.8. The number of thiophene rings is 1. The Morgan fingerprint density at radius 1 is 1.52 bits per heavy atom. The first-order valence-electron chi connectivity index (χ1n) is 6.93. The maximum atomic E-state index is 11.9. The van der Waals surface area contributed by atoms with Gasteiger partial charge in [0.25, 0.3) is 0 Å². The summed E-state index contributed by atoms with van der Waals surface area (Å²) in [5.74, 6) is 0.0288. The van der Waals surface area contributed by atoms with Crippen LogP contribution >= 0.6 is 11.3 Å². The molecule has 1 atom stereocenters. The van der Waals surface area contributed by atoms with Crippen molar-refractivity contribution >= 4 is 23.3 Å². The van der Waals surface area contributed by atoms with Crippen LogP contribution in [0.1, 0.15) is 23.3 Å². The molecule has 0 bridgehead atoms. The molecule has 4 nitrogen and oxygen atoms in total. The number of carbonyl (C=O) groups excluding carboxylic acids is 1. The molecular weight excluding hydrogens is 286 g/mol. The minimum absolute atomic E-state index is 0.216. The van der Waals surface area contributed by atoms with Crippen LogP contribution in [0.4, 0.5) is 0 Å². The van der Waals surface area contributed by atoms with E-state index < -0.39 is 5.60 Å².